The summed E-state index contributed by atoms with van der Waals surface area (Å²) < 4.78 is 45.1. The zero-order valence-electron chi connectivity index (χ0n) is 17.7. The lowest BCUT2D eigenvalue weighted by molar-refractivity contribution is -0.137. The van der Waals surface area contributed by atoms with Crippen LogP contribution in [0.1, 0.15) is 42.3 Å². The van der Waals surface area contributed by atoms with Crippen molar-refractivity contribution in [3.63, 3.8) is 0 Å². The Labute approximate surface area is 183 Å². The number of benzene rings is 2. The van der Waals surface area contributed by atoms with Crippen LogP contribution in [0.2, 0.25) is 0 Å². The molecule has 0 saturated carbocycles. The maximum absolute atomic E-state index is 12.7. The van der Waals surface area contributed by atoms with Gasteiger partial charge in [-0.2, -0.15) is 23.5 Å². The lowest BCUT2D eigenvalue weighted by Gasteiger charge is -2.19. The summed E-state index contributed by atoms with van der Waals surface area (Å²) in [6.45, 7) is 6.51. The molecule has 0 spiro atoms. The Morgan fingerprint density at radius 2 is 1.84 bits per heavy atom. The molecule has 1 aromatic heterocycles. The van der Waals surface area contributed by atoms with Crippen LogP contribution < -0.4 is 10.1 Å². The molecule has 0 radical (unpaired) electrons. The molecule has 0 aliphatic rings. The van der Waals surface area contributed by atoms with Crippen LogP contribution >= 0.6 is 0 Å². The normalized spacial score (nSPS) is 11.7. The average molecular weight is 442 g/mol. The summed E-state index contributed by atoms with van der Waals surface area (Å²) >= 11 is 0. The van der Waals surface area contributed by atoms with Gasteiger partial charge in [-0.15, -0.1) is 0 Å². The Hall–Kier alpha value is -3.80. The quantitative estimate of drug-likeness (QED) is 0.571. The molecule has 1 amide bonds. The van der Waals surface area contributed by atoms with Crippen molar-refractivity contribution in [2.45, 2.75) is 26.9 Å². The molecule has 0 saturated heterocycles. The number of amides is 1. The predicted molar refractivity (Wildman–Crippen MR) is 113 cm³/mol. The van der Waals surface area contributed by atoms with E-state index in [1.54, 1.807) is 18.2 Å². The molecule has 0 fully saturated rings. The standard InChI is InChI=1S/C23H21F3N4O2/c1-22(2,3)14-32-20-9-8-19(10-15(20)11-27)30-13-16(12-28-30)21(31)29-18-6-4-17(5-7-18)23(24,25)26/h4-10,12-13H,14H2,1-3H3,(H,29,31). The molecule has 6 nitrogen and oxygen atoms in total. The van der Waals surface area contributed by atoms with E-state index in [0.717, 1.165) is 12.1 Å². The molecule has 3 rings (SSSR count). The highest BCUT2D eigenvalue weighted by Crippen LogP contribution is 2.30. The van der Waals surface area contributed by atoms with Crippen molar-refractivity contribution in [2.24, 2.45) is 5.41 Å². The second-order valence-electron chi connectivity index (χ2n) is 8.34. The fourth-order valence-corrected chi connectivity index (χ4v) is 2.70. The first kappa shape index (κ1) is 22.9. The van der Waals surface area contributed by atoms with Gasteiger partial charge in [0.15, 0.2) is 0 Å². The van der Waals surface area contributed by atoms with E-state index in [0.29, 0.717) is 23.6 Å². The Morgan fingerprint density at radius 1 is 1.16 bits per heavy atom. The lowest BCUT2D eigenvalue weighted by Crippen LogP contribution is -2.17. The van der Waals surface area contributed by atoms with Gasteiger partial charge in [-0.05, 0) is 47.9 Å². The topological polar surface area (TPSA) is 79.9 Å². The molecule has 1 heterocycles. The van der Waals surface area contributed by atoms with E-state index < -0.39 is 17.6 Å². The Bertz CT molecular complexity index is 1150. The van der Waals surface area contributed by atoms with Crippen LogP contribution in [0.4, 0.5) is 18.9 Å². The number of nitrogens with one attached hydrogen (secondary N) is 1. The lowest BCUT2D eigenvalue weighted by atomic mass is 9.98. The van der Waals surface area contributed by atoms with Crippen LogP contribution in [0.25, 0.3) is 5.69 Å². The Balaban J connectivity index is 1.73. The number of nitrogens with zero attached hydrogens (tertiary/aromatic N) is 3. The number of carbonyl (C=O) groups excluding carboxylic acids is 1. The van der Waals surface area contributed by atoms with E-state index in [9.17, 15) is 23.2 Å². The Kier molecular flexibility index (Phi) is 6.25. The number of aromatic nitrogens is 2. The number of hydrogen-bond acceptors (Lipinski definition) is 4. The summed E-state index contributed by atoms with van der Waals surface area (Å²) in [7, 11) is 0. The molecule has 0 aliphatic carbocycles. The zero-order chi connectivity index (χ0) is 23.5. The number of carbonyl (C=O) groups is 1. The fraction of sp³-hybridized carbons (Fsp3) is 0.261. The van der Waals surface area contributed by atoms with Gasteiger partial charge in [-0.1, -0.05) is 20.8 Å². The van der Waals surface area contributed by atoms with Gasteiger partial charge < -0.3 is 10.1 Å². The van der Waals surface area contributed by atoms with Crippen molar-refractivity contribution < 1.29 is 22.7 Å². The summed E-state index contributed by atoms with van der Waals surface area (Å²) in [5.74, 6) is -0.0692. The molecular weight excluding hydrogens is 421 g/mol. The van der Waals surface area contributed by atoms with Gasteiger partial charge in [0.05, 0.1) is 35.2 Å². The van der Waals surface area contributed by atoms with Crippen molar-refractivity contribution in [3.05, 3.63) is 71.5 Å². The number of alkyl halides is 3. The van der Waals surface area contributed by atoms with Gasteiger partial charge in [0, 0.05) is 11.9 Å². The van der Waals surface area contributed by atoms with Gasteiger partial charge in [0.1, 0.15) is 11.8 Å². The predicted octanol–water partition coefficient (Wildman–Crippen LogP) is 5.44. The largest absolute Gasteiger partial charge is 0.492 e. The first-order valence-corrected chi connectivity index (χ1v) is 9.67. The number of anilines is 1. The van der Waals surface area contributed by atoms with Crippen LogP contribution in [0.15, 0.2) is 54.9 Å². The van der Waals surface area contributed by atoms with Crippen LogP contribution in [0.5, 0.6) is 5.75 Å². The van der Waals surface area contributed by atoms with Crippen molar-refractivity contribution in [2.75, 3.05) is 11.9 Å². The van der Waals surface area contributed by atoms with Crippen LogP contribution in [-0.2, 0) is 6.18 Å². The highest BCUT2D eigenvalue weighted by atomic mass is 19.4. The van der Waals surface area contributed by atoms with Gasteiger partial charge in [-0.3, -0.25) is 4.79 Å². The van der Waals surface area contributed by atoms with Crippen LogP contribution in [-0.4, -0.2) is 22.3 Å². The molecule has 166 valence electrons. The van der Waals surface area contributed by atoms with Crippen molar-refractivity contribution in [3.8, 4) is 17.5 Å². The van der Waals surface area contributed by atoms with Crippen molar-refractivity contribution >= 4 is 11.6 Å². The zero-order valence-corrected chi connectivity index (χ0v) is 17.7. The van der Waals surface area contributed by atoms with Crippen LogP contribution in [0, 0.1) is 16.7 Å². The summed E-state index contributed by atoms with van der Waals surface area (Å²) in [5, 5.41) is 16.1. The average Bonchev–Trinajstić information content (AvgIpc) is 3.22. The van der Waals surface area contributed by atoms with Gasteiger partial charge in [-0.25, -0.2) is 4.68 Å². The maximum Gasteiger partial charge on any atom is 0.416 e. The minimum Gasteiger partial charge on any atom is -0.492 e. The van der Waals surface area contributed by atoms with Gasteiger partial charge >= 0.3 is 6.18 Å². The minimum absolute atomic E-state index is 0.0668. The summed E-state index contributed by atoms with van der Waals surface area (Å²) in [6, 6.07) is 11.2. The molecule has 1 N–H and O–H groups in total. The third kappa shape index (κ3) is 5.66. The number of nitriles is 1. The van der Waals surface area contributed by atoms with Crippen molar-refractivity contribution in [1.29, 1.82) is 5.26 Å². The maximum atomic E-state index is 12.7. The highest BCUT2D eigenvalue weighted by Gasteiger charge is 2.30. The van der Waals surface area contributed by atoms with Crippen molar-refractivity contribution in [1.82, 2.24) is 9.78 Å². The molecule has 0 atom stereocenters. The second kappa shape index (κ2) is 8.75. The highest BCUT2D eigenvalue weighted by molar-refractivity contribution is 6.04. The Morgan fingerprint density at radius 3 is 2.44 bits per heavy atom. The van der Waals surface area contributed by atoms with E-state index in [4.69, 9.17) is 4.74 Å². The molecule has 32 heavy (non-hydrogen) atoms. The first-order chi connectivity index (χ1) is 15.0. The molecular formula is C23H21F3N4O2. The summed E-state index contributed by atoms with van der Waals surface area (Å²) in [5.41, 5.74) is 0.449. The minimum atomic E-state index is -4.45. The smallest absolute Gasteiger partial charge is 0.416 e. The number of rotatable bonds is 5. The van der Waals surface area contributed by atoms with Crippen LogP contribution in [0.3, 0.4) is 0 Å². The first-order valence-electron chi connectivity index (χ1n) is 9.67. The molecule has 0 aliphatic heterocycles. The number of ether oxygens (including phenoxy) is 1. The SMILES string of the molecule is CC(C)(C)COc1ccc(-n2cc(C(=O)Nc3ccc(C(F)(F)F)cc3)cn2)cc1C#N. The molecule has 3 aromatic rings. The van der Waals surface area contributed by atoms with E-state index >= 15 is 0 Å². The fourth-order valence-electron chi connectivity index (χ4n) is 2.70. The van der Waals surface area contributed by atoms with Gasteiger partial charge in [0.25, 0.3) is 5.91 Å². The monoisotopic (exact) mass is 442 g/mol. The summed E-state index contributed by atoms with van der Waals surface area (Å²) in [6.07, 6.45) is -1.65. The van der Waals surface area contributed by atoms with E-state index in [1.165, 1.54) is 29.2 Å². The molecule has 9 heteroatoms. The van der Waals surface area contributed by atoms with Gasteiger partial charge in [0.2, 0.25) is 0 Å². The van der Waals surface area contributed by atoms with E-state index in [-0.39, 0.29) is 16.7 Å². The summed E-state index contributed by atoms with van der Waals surface area (Å²) in [4.78, 5) is 12.4. The number of hydrogen-bond donors (Lipinski definition) is 1. The van der Waals surface area contributed by atoms with E-state index in [2.05, 4.69) is 16.5 Å². The second-order valence-corrected chi connectivity index (χ2v) is 8.34. The number of halogens is 3. The van der Waals surface area contributed by atoms with E-state index in [1.807, 2.05) is 20.8 Å². The third-order valence-corrected chi connectivity index (χ3v) is 4.32. The molecule has 0 unspecified atom stereocenters. The third-order valence-electron chi connectivity index (χ3n) is 4.32. The molecule has 0 bridgehead atoms. The molecule has 2 aromatic carbocycles.